The summed E-state index contributed by atoms with van der Waals surface area (Å²) in [6.07, 6.45) is 6.67. The number of carbonyl (C=O) groups is 1. The number of hydrogen-bond acceptors (Lipinski definition) is 3. The van der Waals surface area contributed by atoms with Gasteiger partial charge in [0.15, 0.2) is 0 Å². The monoisotopic (exact) mass is 270 g/mol. The van der Waals surface area contributed by atoms with E-state index in [0.29, 0.717) is 12.5 Å². The quantitative estimate of drug-likeness (QED) is 0.660. The Morgan fingerprint density at radius 3 is 2.74 bits per heavy atom. The molecule has 1 rings (SSSR count). The number of nitrogens with two attached hydrogens (primary N) is 1. The van der Waals surface area contributed by atoms with E-state index in [1.165, 1.54) is 0 Å². The maximum Gasteiger partial charge on any atom is 0.222 e. The SMILES string of the molecule is CC(N)CCCC(C)C(=O)NCC1CCCC(O)C1. The van der Waals surface area contributed by atoms with Gasteiger partial charge in [-0.15, -0.1) is 0 Å². The molecular weight excluding hydrogens is 240 g/mol. The fraction of sp³-hybridized carbons (Fsp3) is 0.933. The van der Waals surface area contributed by atoms with Crippen LogP contribution in [0, 0.1) is 11.8 Å². The zero-order chi connectivity index (χ0) is 14.3. The van der Waals surface area contributed by atoms with Crippen LogP contribution < -0.4 is 11.1 Å². The van der Waals surface area contributed by atoms with Crippen molar-refractivity contribution in [2.24, 2.45) is 17.6 Å². The predicted octanol–water partition coefficient (Wildman–Crippen LogP) is 1.81. The molecule has 4 heteroatoms. The van der Waals surface area contributed by atoms with Crippen molar-refractivity contribution in [3.05, 3.63) is 0 Å². The van der Waals surface area contributed by atoms with Crippen molar-refractivity contribution in [3.63, 3.8) is 0 Å². The van der Waals surface area contributed by atoms with E-state index < -0.39 is 0 Å². The highest BCUT2D eigenvalue weighted by Crippen LogP contribution is 2.23. The third kappa shape index (κ3) is 6.92. The minimum atomic E-state index is -0.167. The van der Waals surface area contributed by atoms with Crippen molar-refractivity contribution in [2.75, 3.05) is 6.54 Å². The molecule has 4 nitrogen and oxygen atoms in total. The van der Waals surface area contributed by atoms with E-state index in [9.17, 15) is 9.90 Å². The minimum Gasteiger partial charge on any atom is -0.393 e. The first-order chi connectivity index (χ1) is 8.99. The number of aliphatic hydroxyl groups is 1. The first kappa shape index (κ1) is 16.4. The average molecular weight is 270 g/mol. The molecule has 0 bridgehead atoms. The summed E-state index contributed by atoms with van der Waals surface area (Å²) in [5.74, 6) is 0.654. The van der Waals surface area contributed by atoms with E-state index in [-0.39, 0.29) is 24.0 Å². The molecule has 112 valence electrons. The molecule has 1 aliphatic rings. The molecule has 0 aromatic rings. The molecule has 1 saturated carbocycles. The van der Waals surface area contributed by atoms with Crippen molar-refractivity contribution in [3.8, 4) is 0 Å². The van der Waals surface area contributed by atoms with Gasteiger partial charge in [0.1, 0.15) is 0 Å². The Kier molecular flexibility index (Phi) is 7.39. The second-order valence-corrected chi connectivity index (χ2v) is 6.24. The number of nitrogens with one attached hydrogen (secondary N) is 1. The van der Waals surface area contributed by atoms with Crippen molar-refractivity contribution < 1.29 is 9.90 Å². The Hall–Kier alpha value is -0.610. The molecule has 0 saturated heterocycles. The fourth-order valence-electron chi connectivity index (χ4n) is 2.74. The van der Waals surface area contributed by atoms with Crippen LogP contribution >= 0.6 is 0 Å². The van der Waals surface area contributed by atoms with Crippen LogP contribution in [-0.2, 0) is 4.79 Å². The zero-order valence-corrected chi connectivity index (χ0v) is 12.4. The lowest BCUT2D eigenvalue weighted by Crippen LogP contribution is -2.35. The Labute approximate surface area is 117 Å². The van der Waals surface area contributed by atoms with Gasteiger partial charge in [-0.05, 0) is 44.9 Å². The van der Waals surface area contributed by atoms with E-state index in [1.54, 1.807) is 0 Å². The molecule has 0 aromatic heterocycles. The Balaban J connectivity index is 2.15. The molecule has 19 heavy (non-hydrogen) atoms. The van der Waals surface area contributed by atoms with Crippen LogP contribution in [0.15, 0.2) is 0 Å². The fourth-order valence-corrected chi connectivity index (χ4v) is 2.74. The lowest BCUT2D eigenvalue weighted by atomic mass is 9.87. The third-order valence-electron chi connectivity index (χ3n) is 4.06. The third-order valence-corrected chi connectivity index (χ3v) is 4.06. The lowest BCUT2D eigenvalue weighted by Gasteiger charge is -2.26. The van der Waals surface area contributed by atoms with Crippen LogP contribution in [-0.4, -0.2) is 29.7 Å². The van der Waals surface area contributed by atoms with Gasteiger partial charge in [0, 0.05) is 18.5 Å². The maximum absolute atomic E-state index is 11.9. The van der Waals surface area contributed by atoms with Crippen molar-refractivity contribution in [1.29, 1.82) is 0 Å². The standard InChI is InChI=1S/C15H30N2O2/c1-11(5-3-6-12(2)16)15(19)17-10-13-7-4-8-14(18)9-13/h11-14,18H,3-10,16H2,1-2H3,(H,17,19). The Bertz CT molecular complexity index is 269. The topological polar surface area (TPSA) is 75.4 Å². The summed E-state index contributed by atoms with van der Waals surface area (Å²) in [6.45, 7) is 4.69. The Morgan fingerprint density at radius 1 is 1.37 bits per heavy atom. The number of carbonyl (C=O) groups excluding carboxylic acids is 1. The molecule has 4 N–H and O–H groups in total. The van der Waals surface area contributed by atoms with Gasteiger partial charge in [0.05, 0.1) is 6.10 Å². The molecule has 0 radical (unpaired) electrons. The minimum absolute atomic E-state index is 0.0623. The van der Waals surface area contributed by atoms with Gasteiger partial charge in [-0.3, -0.25) is 4.79 Å². The molecule has 0 aromatic carbocycles. The molecule has 4 atom stereocenters. The summed E-state index contributed by atoms with van der Waals surface area (Å²) in [4.78, 5) is 11.9. The zero-order valence-electron chi connectivity index (χ0n) is 12.4. The average Bonchev–Trinajstić information content (AvgIpc) is 2.35. The molecule has 0 spiro atoms. The van der Waals surface area contributed by atoms with Gasteiger partial charge in [-0.2, -0.15) is 0 Å². The smallest absolute Gasteiger partial charge is 0.222 e. The summed E-state index contributed by atoms with van der Waals surface area (Å²) in [5, 5.41) is 12.6. The van der Waals surface area contributed by atoms with Crippen LogP contribution in [0.1, 0.15) is 58.8 Å². The van der Waals surface area contributed by atoms with Crippen LogP contribution in [0.2, 0.25) is 0 Å². The number of hydrogen-bond donors (Lipinski definition) is 3. The van der Waals surface area contributed by atoms with Crippen LogP contribution in [0.4, 0.5) is 0 Å². The Morgan fingerprint density at radius 2 is 2.11 bits per heavy atom. The van der Waals surface area contributed by atoms with Gasteiger partial charge < -0.3 is 16.2 Å². The predicted molar refractivity (Wildman–Crippen MR) is 77.6 cm³/mol. The van der Waals surface area contributed by atoms with Gasteiger partial charge in [0.25, 0.3) is 0 Å². The van der Waals surface area contributed by atoms with Gasteiger partial charge in [0.2, 0.25) is 5.91 Å². The molecule has 1 amide bonds. The van der Waals surface area contributed by atoms with Crippen molar-refractivity contribution in [2.45, 2.75) is 70.9 Å². The second-order valence-electron chi connectivity index (χ2n) is 6.24. The van der Waals surface area contributed by atoms with Crippen molar-refractivity contribution in [1.82, 2.24) is 5.32 Å². The summed E-state index contributed by atoms with van der Waals surface area (Å²) in [6, 6.07) is 0.221. The summed E-state index contributed by atoms with van der Waals surface area (Å²) in [5.41, 5.74) is 5.70. The van der Waals surface area contributed by atoms with E-state index >= 15 is 0 Å². The maximum atomic E-state index is 11.9. The van der Waals surface area contributed by atoms with Gasteiger partial charge >= 0.3 is 0 Å². The first-order valence-corrected chi connectivity index (χ1v) is 7.70. The summed E-state index contributed by atoms with van der Waals surface area (Å²) < 4.78 is 0. The highest BCUT2D eigenvalue weighted by atomic mass is 16.3. The highest BCUT2D eigenvalue weighted by molar-refractivity contribution is 5.78. The van der Waals surface area contributed by atoms with Crippen LogP contribution in [0.5, 0.6) is 0 Å². The molecule has 0 heterocycles. The summed E-state index contributed by atoms with van der Waals surface area (Å²) >= 11 is 0. The van der Waals surface area contributed by atoms with E-state index in [2.05, 4.69) is 5.32 Å². The molecule has 1 fully saturated rings. The van der Waals surface area contributed by atoms with E-state index in [4.69, 9.17) is 5.73 Å². The first-order valence-electron chi connectivity index (χ1n) is 7.70. The molecule has 4 unspecified atom stereocenters. The van der Waals surface area contributed by atoms with E-state index in [1.807, 2.05) is 13.8 Å². The number of rotatable bonds is 7. The highest BCUT2D eigenvalue weighted by Gasteiger charge is 2.21. The van der Waals surface area contributed by atoms with Gasteiger partial charge in [-0.25, -0.2) is 0 Å². The molecule has 1 aliphatic carbocycles. The van der Waals surface area contributed by atoms with Crippen LogP contribution in [0.25, 0.3) is 0 Å². The second kappa shape index (κ2) is 8.54. The normalized spacial score (nSPS) is 26.7. The lowest BCUT2D eigenvalue weighted by molar-refractivity contribution is -0.125. The number of aliphatic hydroxyl groups excluding tert-OH is 1. The van der Waals surface area contributed by atoms with Gasteiger partial charge in [-0.1, -0.05) is 19.8 Å². The molecular formula is C15H30N2O2. The van der Waals surface area contributed by atoms with Crippen molar-refractivity contribution >= 4 is 5.91 Å². The van der Waals surface area contributed by atoms with E-state index in [0.717, 1.165) is 44.9 Å². The number of amides is 1. The molecule has 0 aliphatic heterocycles. The summed E-state index contributed by atoms with van der Waals surface area (Å²) in [7, 11) is 0. The van der Waals surface area contributed by atoms with Crippen LogP contribution in [0.3, 0.4) is 0 Å². The largest absolute Gasteiger partial charge is 0.393 e.